The second-order valence-electron chi connectivity index (χ2n) is 4.67. The predicted molar refractivity (Wildman–Crippen MR) is 86.7 cm³/mol. The van der Waals surface area contributed by atoms with Gasteiger partial charge in [-0.25, -0.2) is 0 Å². The van der Waals surface area contributed by atoms with Crippen LogP contribution in [0.1, 0.15) is 0 Å². The number of nitrogens with zero attached hydrogens (tertiary/aromatic N) is 4. The fraction of sp³-hybridized carbons (Fsp3) is 0.400. The van der Waals surface area contributed by atoms with Crippen LogP contribution in [-0.4, -0.2) is 59.9 Å². The van der Waals surface area contributed by atoms with Crippen LogP contribution in [0.3, 0.4) is 0 Å². The summed E-state index contributed by atoms with van der Waals surface area (Å²) in [4.78, 5) is 19.7. The number of benzene rings is 1. The molecule has 0 N–H and O–H groups in total. The first-order chi connectivity index (χ1) is 10.7. The number of ether oxygens (including phenoxy) is 1. The highest BCUT2D eigenvalue weighted by atomic mass is 32.2. The van der Waals surface area contributed by atoms with E-state index in [-0.39, 0.29) is 12.5 Å². The van der Waals surface area contributed by atoms with Gasteiger partial charge in [-0.15, -0.1) is 4.99 Å². The number of amidine groups is 1. The molecule has 1 aromatic rings. The monoisotopic (exact) mass is 318 g/mol. The first kappa shape index (κ1) is 16.2. The molecule has 0 spiro atoms. The third-order valence-electron chi connectivity index (χ3n) is 3.34. The van der Waals surface area contributed by atoms with Gasteiger partial charge in [0.15, 0.2) is 11.8 Å². The summed E-state index contributed by atoms with van der Waals surface area (Å²) in [5.74, 6) is 0.673. The molecular weight excluding hydrogens is 300 g/mol. The highest BCUT2D eigenvalue weighted by Gasteiger charge is 2.23. The number of carbonyl (C=O) groups excluding carboxylic acids is 1. The van der Waals surface area contributed by atoms with Crippen LogP contribution < -0.4 is 4.74 Å². The standard InChI is InChI=1S/C15H18N4O2S/c1-22-15(17-12-16)19-9-7-18(8-10-19)14(20)11-21-13-5-3-2-4-6-13/h2-6H,7-11H2,1H3/b17-15-. The molecule has 0 atom stereocenters. The molecule has 0 unspecified atom stereocenters. The van der Waals surface area contributed by atoms with Crippen LogP contribution in [0.15, 0.2) is 35.3 Å². The summed E-state index contributed by atoms with van der Waals surface area (Å²) in [6.07, 6.45) is 3.70. The first-order valence-electron chi connectivity index (χ1n) is 6.96. The highest BCUT2D eigenvalue weighted by Crippen LogP contribution is 2.11. The van der Waals surface area contributed by atoms with E-state index in [1.54, 1.807) is 4.90 Å². The molecular formula is C15H18N4O2S. The minimum atomic E-state index is -0.0218. The van der Waals surface area contributed by atoms with Crippen molar-refractivity contribution in [1.29, 1.82) is 5.26 Å². The van der Waals surface area contributed by atoms with E-state index < -0.39 is 0 Å². The van der Waals surface area contributed by atoms with Crippen LogP contribution in [-0.2, 0) is 4.79 Å². The van der Waals surface area contributed by atoms with Crippen LogP contribution >= 0.6 is 11.8 Å². The fourth-order valence-electron chi connectivity index (χ4n) is 2.19. The van der Waals surface area contributed by atoms with Gasteiger partial charge in [0.25, 0.3) is 5.91 Å². The maximum atomic E-state index is 12.1. The molecule has 116 valence electrons. The summed E-state index contributed by atoms with van der Waals surface area (Å²) in [5.41, 5.74) is 0. The number of thioether (sulfide) groups is 1. The summed E-state index contributed by atoms with van der Waals surface area (Å²) in [6.45, 7) is 2.63. The lowest BCUT2D eigenvalue weighted by Crippen LogP contribution is -2.51. The SMILES string of the molecule is CS/C(=N\C#N)N1CCN(C(=O)COc2ccccc2)CC1. The minimum absolute atomic E-state index is 0.0218. The molecule has 2 rings (SSSR count). The fourth-order valence-corrected chi connectivity index (χ4v) is 2.76. The minimum Gasteiger partial charge on any atom is -0.484 e. The summed E-state index contributed by atoms with van der Waals surface area (Å²) in [6, 6.07) is 9.30. The molecule has 0 aromatic heterocycles. The number of amides is 1. The lowest BCUT2D eigenvalue weighted by atomic mass is 10.3. The van der Waals surface area contributed by atoms with Crippen molar-refractivity contribution in [2.75, 3.05) is 39.0 Å². The van der Waals surface area contributed by atoms with Crippen molar-refractivity contribution in [2.45, 2.75) is 0 Å². The number of carbonyl (C=O) groups is 1. The quantitative estimate of drug-likeness (QED) is 0.479. The van der Waals surface area contributed by atoms with Crippen LogP contribution in [0.4, 0.5) is 0 Å². The largest absolute Gasteiger partial charge is 0.484 e. The van der Waals surface area contributed by atoms with E-state index in [1.807, 2.05) is 47.7 Å². The van der Waals surface area contributed by atoms with Crippen molar-refractivity contribution >= 4 is 22.8 Å². The number of hydrogen-bond donors (Lipinski definition) is 0. The van der Waals surface area contributed by atoms with Crippen molar-refractivity contribution in [3.63, 3.8) is 0 Å². The van der Waals surface area contributed by atoms with Crippen molar-refractivity contribution < 1.29 is 9.53 Å². The lowest BCUT2D eigenvalue weighted by Gasteiger charge is -2.35. The van der Waals surface area contributed by atoms with Crippen LogP contribution in [0, 0.1) is 11.5 Å². The third-order valence-corrected chi connectivity index (χ3v) is 4.05. The molecule has 1 fully saturated rings. The summed E-state index contributed by atoms with van der Waals surface area (Å²) in [5, 5.41) is 9.36. The summed E-state index contributed by atoms with van der Waals surface area (Å²) in [7, 11) is 0. The van der Waals surface area contributed by atoms with Gasteiger partial charge in [0, 0.05) is 26.2 Å². The van der Waals surface area contributed by atoms with Crippen molar-refractivity contribution in [3.8, 4) is 11.9 Å². The Morgan fingerprint density at radius 2 is 1.91 bits per heavy atom. The van der Waals surface area contributed by atoms with Gasteiger partial charge >= 0.3 is 0 Å². The highest BCUT2D eigenvalue weighted by molar-refractivity contribution is 8.13. The van der Waals surface area contributed by atoms with E-state index in [2.05, 4.69) is 4.99 Å². The Morgan fingerprint density at radius 1 is 1.27 bits per heavy atom. The molecule has 7 heteroatoms. The van der Waals surface area contributed by atoms with Crippen molar-refractivity contribution in [2.24, 2.45) is 4.99 Å². The Morgan fingerprint density at radius 3 is 2.50 bits per heavy atom. The maximum absolute atomic E-state index is 12.1. The number of hydrogen-bond acceptors (Lipinski definition) is 5. The van der Waals surface area contributed by atoms with Gasteiger partial charge in [-0.3, -0.25) is 4.79 Å². The zero-order valence-electron chi connectivity index (χ0n) is 12.4. The molecule has 1 saturated heterocycles. The van der Waals surface area contributed by atoms with Gasteiger partial charge in [-0.1, -0.05) is 30.0 Å². The van der Waals surface area contributed by atoms with E-state index in [4.69, 9.17) is 10.00 Å². The van der Waals surface area contributed by atoms with E-state index >= 15 is 0 Å². The number of rotatable bonds is 3. The molecule has 22 heavy (non-hydrogen) atoms. The van der Waals surface area contributed by atoms with Crippen molar-refractivity contribution in [1.82, 2.24) is 9.80 Å². The number of nitriles is 1. The Kier molecular flexibility index (Phi) is 6.10. The predicted octanol–water partition coefficient (Wildman–Crippen LogP) is 1.41. The van der Waals surface area contributed by atoms with Gasteiger partial charge in [0.2, 0.25) is 6.19 Å². The molecule has 1 aliphatic heterocycles. The maximum Gasteiger partial charge on any atom is 0.260 e. The zero-order chi connectivity index (χ0) is 15.8. The van der Waals surface area contributed by atoms with Gasteiger partial charge in [-0.05, 0) is 18.4 Å². The van der Waals surface area contributed by atoms with Gasteiger partial charge in [-0.2, -0.15) is 5.26 Å². The molecule has 6 nitrogen and oxygen atoms in total. The molecule has 1 aliphatic rings. The summed E-state index contributed by atoms with van der Waals surface area (Å²) >= 11 is 1.44. The van der Waals surface area contributed by atoms with E-state index in [9.17, 15) is 4.79 Å². The molecule has 1 amide bonds. The molecule has 0 radical (unpaired) electrons. The second-order valence-corrected chi connectivity index (χ2v) is 5.44. The smallest absolute Gasteiger partial charge is 0.260 e. The van der Waals surface area contributed by atoms with Crippen LogP contribution in [0.25, 0.3) is 0 Å². The number of piperazine rings is 1. The molecule has 0 saturated carbocycles. The van der Waals surface area contributed by atoms with Gasteiger partial charge in [0.1, 0.15) is 5.75 Å². The second kappa shape index (κ2) is 8.29. The van der Waals surface area contributed by atoms with Gasteiger partial charge in [0.05, 0.1) is 0 Å². The Labute approximate surface area is 134 Å². The van der Waals surface area contributed by atoms with E-state index in [0.29, 0.717) is 37.1 Å². The normalized spacial score (nSPS) is 15.4. The Balaban J connectivity index is 1.80. The Bertz CT molecular complexity index is 563. The topological polar surface area (TPSA) is 68.9 Å². The average molecular weight is 318 g/mol. The first-order valence-corrected chi connectivity index (χ1v) is 8.18. The Hall–Kier alpha value is -2.20. The third kappa shape index (κ3) is 4.40. The number of para-hydroxylation sites is 1. The molecule has 1 aromatic carbocycles. The molecule has 0 bridgehead atoms. The average Bonchev–Trinajstić information content (AvgIpc) is 2.58. The van der Waals surface area contributed by atoms with E-state index in [0.717, 1.165) is 0 Å². The zero-order valence-corrected chi connectivity index (χ0v) is 13.3. The lowest BCUT2D eigenvalue weighted by molar-refractivity contribution is -0.134. The van der Waals surface area contributed by atoms with Crippen LogP contribution in [0.5, 0.6) is 5.75 Å². The summed E-state index contributed by atoms with van der Waals surface area (Å²) < 4.78 is 5.48. The molecule has 0 aliphatic carbocycles. The number of aliphatic imine (C=N–C) groups is 1. The molecule has 1 heterocycles. The van der Waals surface area contributed by atoms with Crippen molar-refractivity contribution in [3.05, 3.63) is 30.3 Å². The van der Waals surface area contributed by atoms with Crippen LogP contribution in [0.2, 0.25) is 0 Å². The van der Waals surface area contributed by atoms with E-state index in [1.165, 1.54) is 11.8 Å². The van der Waals surface area contributed by atoms with Gasteiger partial charge < -0.3 is 14.5 Å².